The van der Waals surface area contributed by atoms with E-state index in [0.29, 0.717) is 13.0 Å². The second-order valence-electron chi connectivity index (χ2n) is 3.35. The van der Waals surface area contributed by atoms with Gasteiger partial charge in [-0.2, -0.15) is 0 Å². The lowest BCUT2D eigenvalue weighted by atomic mass is 10.2. The number of rotatable bonds is 5. The Labute approximate surface area is 107 Å². The third-order valence-electron chi connectivity index (χ3n) is 2.09. The minimum atomic E-state index is -0.245. The first kappa shape index (κ1) is 13.5. The van der Waals surface area contributed by atoms with Crippen molar-refractivity contribution >= 4 is 33.3 Å². The maximum Gasteiger partial charge on any atom is 0.315 e. The van der Waals surface area contributed by atoms with Crippen molar-refractivity contribution in [3.05, 3.63) is 20.8 Å². The minimum absolute atomic E-state index is 0.0333. The standard InChI is InChI=1S/C10H15BrN2O2S/c1-2-8(5-14)13-10(15)12-4-9-3-7(11)6-16-9/h3,6,8,14H,2,4-5H2,1H3,(H2,12,13,15). The first-order valence-electron chi connectivity index (χ1n) is 5.03. The molecular formula is C10H15BrN2O2S. The number of urea groups is 1. The number of halogens is 1. The fraction of sp³-hybridized carbons (Fsp3) is 0.500. The number of aliphatic hydroxyl groups is 1. The Morgan fingerprint density at radius 1 is 1.69 bits per heavy atom. The van der Waals surface area contributed by atoms with Crippen LogP contribution in [-0.2, 0) is 6.54 Å². The van der Waals surface area contributed by atoms with E-state index in [2.05, 4.69) is 26.6 Å². The summed E-state index contributed by atoms with van der Waals surface area (Å²) in [4.78, 5) is 12.5. The van der Waals surface area contributed by atoms with Crippen LogP contribution in [0.1, 0.15) is 18.2 Å². The molecule has 0 spiro atoms. The molecule has 1 aromatic heterocycles. The second kappa shape index (κ2) is 6.88. The number of amides is 2. The van der Waals surface area contributed by atoms with Crippen LogP contribution in [0.4, 0.5) is 4.79 Å². The maximum atomic E-state index is 11.4. The summed E-state index contributed by atoms with van der Waals surface area (Å²) in [7, 11) is 0. The molecule has 0 saturated heterocycles. The average molecular weight is 307 g/mol. The topological polar surface area (TPSA) is 61.4 Å². The Morgan fingerprint density at radius 2 is 2.44 bits per heavy atom. The van der Waals surface area contributed by atoms with Gasteiger partial charge in [-0.15, -0.1) is 11.3 Å². The van der Waals surface area contributed by atoms with Crippen LogP contribution in [0, 0.1) is 0 Å². The van der Waals surface area contributed by atoms with Gasteiger partial charge >= 0.3 is 6.03 Å². The summed E-state index contributed by atoms with van der Waals surface area (Å²) in [5.41, 5.74) is 0. The minimum Gasteiger partial charge on any atom is -0.394 e. The molecule has 0 aliphatic carbocycles. The van der Waals surface area contributed by atoms with E-state index >= 15 is 0 Å². The van der Waals surface area contributed by atoms with Gasteiger partial charge in [-0.1, -0.05) is 6.92 Å². The van der Waals surface area contributed by atoms with Crippen molar-refractivity contribution < 1.29 is 9.90 Å². The molecule has 0 aliphatic heterocycles. The lowest BCUT2D eigenvalue weighted by Gasteiger charge is -2.14. The number of hydrogen-bond acceptors (Lipinski definition) is 3. The van der Waals surface area contributed by atoms with Crippen LogP contribution < -0.4 is 10.6 Å². The number of nitrogens with one attached hydrogen (secondary N) is 2. The monoisotopic (exact) mass is 306 g/mol. The predicted molar refractivity (Wildman–Crippen MR) is 68.6 cm³/mol. The number of carbonyl (C=O) groups excluding carboxylic acids is 1. The third-order valence-corrected chi connectivity index (χ3v) is 3.79. The summed E-state index contributed by atoms with van der Waals surface area (Å²) in [5.74, 6) is 0. The smallest absolute Gasteiger partial charge is 0.315 e. The van der Waals surface area contributed by atoms with Gasteiger partial charge in [-0.25, -0.2) is 4.79 Å². The van der Waals surface area contributed by atoms with E-state index in [1.807, 2.05) is 18.4 Å². The zero-order chi connectivity index (χ0) is 12.0. The molecule has 1 aromatic rings. The van der Waals surface area contributed by atoms with Crippen LogP contribution in [0.3, 0.4) is 0 Å². The highest BCUT2D eigenvalue weighted by Crippen LogP contribution is 2.19. The van der Waals surface area contributed by atoms with E-state index in [0.717, 1.165) is 9.35 Å². The van der Waals surface area contributed by atoms with Gasteiger partial charge < -0.3 is 15.7 Å². The molecule has 0 aliphatic rings. The second-order valence-corrected chi connectivity index (χ2v) is 5.26. The fourth-order valence-corrected chi connectivity index (χ4v) is 2.52. The van der Waals surface area contributed by atoms with Gasteiger partial charge in [0.25, 0.3) is 0 Å². The summed E-state index contributed by atoms with van der Waals surface area (Å²) in [6, 6.07) is 1.55. The zero-order valence-corrected chi connectivity index (χ0v) is 11.4. The van der Waals surface area contributed by atoms with E-state index in [4.69, 9.17) is 5.11 Å². The Morgan fingerprint density at radius 3 is 2.94 bits per heavy atom. The van der Waals surface area contributed by atoms with E-state index < -0.39 is 0 Å². The highest BCUT2D eigenvalue weighted by Gasteiger charge is 2.08. The Hall–Kier alpha value is -0.590. The molecule has 1 rings (SSSR count). The molecule has 1 atom stereocenters. The van der Waals surface area contributed by atoms with Crippen LogP contribution >= 0.6 is 27.3 Å². The summed E-state index contributed by atoms with van der Waals surface area (Å²) in [6.45, 7) is 2.38. The van der Waals surface area contributed by atoms with Crippen molar-refractivity contribution in [3.8, 4) is 0 Å². The lowest BCUT2D eigenvalue weighted by molar-refractivity contribution is 0.214. The molecule has 3 N–H and O–H groups in total. The van der Waals surface area contributed by atoms with E-state index in [9.17, 15) is 4.79 Å². The predicted octanol–water partition coefficient (Wildman–Crippen LogP) is 2.08. The third kappa shape index (κ3) is 4.51. The molecular weight excluding hydrogens is 292 g/mol. The molecule has 1 heterocycles. The molecule has 6 heteroatoms. The fourth-order valence-electron chi connectivity index (χ4n) is 1.13. The summed E-state index contributed by atoms with van der Waals surface area (Å²) in [6.07, 6.45) is 0.717. The highest BCUT2D eigenvalue weighted by molar-refractivity contribution is 9.10. The van der Waals surface area contributed by atoms with E-state index in [-0.39, 0.29) is 18.7 Å². The van der Waals surface area contributed by atoms with Gasteiger partial charge in [0.1, 0.15) is 0 Å². The Kier molecular flexibility index (Phi) is 5.79. The maximum absolute atomic E-state index is 11.4. The molecule has 0 aromatic carbocycles. The van der Waals surface area contributed by atoms with Crippen molar-refractivity contribution in [1.29, 1.82) is 0 Å². The molecule has 1 unspecified atom stereocenters. The van der Waals surface area contributed by atoms with Crippen LogP contribution in [-0.4, -0.2) is 23.8 Å². The van der Waals surface area contributed by atoms with Crippen molar-refractivity contribution in [2.75, 3.05) is 6.61 Å². The van der Waals surface area contributed by atoms with Gasteiger partial charge in [-0.05, 0) is 28.4 Å². The zero-order valence-electron chi connectivity index (χ0n) is 9.00. The number of thiophene rings is 1. The average Bonchev–Trinajstić information content (AvgIpc) is 2.69. The van der Waals surface area contributed by atoms with Gasteiger partial charge in [0, 0.05) is 14.7 Å². The summed E-state index contributed by atoms with van der Waals surface area (Å²) < 4.78 is 1.02. The summed E-state index contributed by atoms with van der Waals surface area (Å²) >= 11 is 4.93. The van der Waals surface area contributed by atoms with Gasteiger partial charge in [-0.3, -0.25) is 0 Å². The molecule has 0 radical (unpaired) electrons. The first-order valence-corrected chi connectivity index (χ1v) is 6.71. The number of hydrogen-bond donors (Lipinski definition) is 3. The summed E-state index contributed by atoms with van der Waals surface area (Å²) in [5, 5.41) is 16.3. The molecule has 0 bridgehead atoms. The van der Waals surface area contributed by atoms with E-state index in [1.54, 1.807) is 11.3 Å². The Bertz CT molecular complexity index is 339. The molecule has 90 valence electrons. The largest absolute Gasteiger partial charge is 0.394 e. The van der Waals surface area contributed by atoms with Crippen LogP contribution in [0.5, 0.6) is 0 Å². The first-order chi connectivity index (χ1) is 7.65. The van der Waals surface area contributed by atoms with Crippen molar-refractivity contribution in [3.63, 3.8) is 0 Å². The van der Waals surface area contributed by atoms with E-state index in [1.165, 1.54) is 0 Å². The molecule has 16 heavy (non-hydrogen) atoms. The van der Waals surface area contributed by atoms with Gasteiger partial charge in [0.05, 0.1) is 19.2 Å². The van der Waals surface area contributed by atoms with Crippen molar-refractivity contribution in [1.82, 2.24) is 10.6 Å². The molecule has 0 saturated carbocycles. The van der Waals surface area contributed by atoms with Crippen molar-refractivity contribution in [2.45, 2.75) is 25.9 Å². The molecule has 4 nitrogen and oxygen atoms in total. The highest BCUT2D eigenvalue weighted by atomic mass is 79.9. The molecule has 2 amide bonds. The molecule has 0 fully saturated rings. The Balaban J connectivity index is 2.30. The lowest BCUT2D eigenvalue weighted by Crippen LogP contribution is -2.43. The van der Waals surface area contributed by atoms with Gasteiger partial charge in [0.15, 0.2) is 0 Å². The van der Waals surface area contributed by atoms with Crippen LogP contribution in [0.2, 0.25) is 0 Å². The number of aliphatic hydroxyl groups excluding tert-OH is 1. The quantitative estimate of drug-likeness (QED) is 0.780. The van der Waals surface area contributed by atoms with Gasteiger partial charge in [0.2, 0.25) is 0 Å². The van der Waals surface area contributed by atoms with Crippen LogP contribution in [0.25, 0.3) is 0 Å². The van der Waals surface area contributed by atoms with Crippen LogP contribution in [0.15, 0.2) is 15.9 Å². The van der Waals surface area contributed by atoms with Crippen molar-refractivity contribution in [2.24, 2.45) is 0 Å². The number of carbonyl (C=O) groups is 1. The normalized spacial score (nSPS) is 12.2. The SMILES string of the molecule is CCC(CO)NC(=O)NCc1cc(Br)cs1.